The van der Waals surface area contributed by atoms with Crippen LogP contribution in [0, 0.1) is 24.6 Å². The first-order chi connectivity index (χ1) is 10.1. The Hall–Kier alpha value is -2.12. The van der Waals surface area contributed by atoms with Crippen LogP contribution < -0.4 is 0 Å². The molecule has 1 heterocycles. The SMILES string of the molecule is Cc1cc(F)ccc1C(=O)N1C[C@@H](C(F)(F)F)[C@H](C(=O)O)C1. The molecule has 0 aliphatic carbocycles. The van der Waals surface area contributed by atoms with Crippen LogP contribution in [0.1, 0.15) is 15.9 Å². The summed E-state index contributed by atoms with van der Waals surface area (Å²) in [6, 6.07) is 3.31. The minimum atomic E-state index is -4.70. The Kier molecular flexibility index (Phi) is 4.12. The van der Waals surface area contributed by atoms with Gasteiger partial charge in [0.25, 0.3) is 5.91 Å². The molecule has 2 rings (SSSR count). The lowest BCUT2D eigenvalue weighted by Gasteiger charge is -2.19. The highest BCUT2D eigenvalue weighted by molar-refractivity contribution is 5.96. The van der Waals surface area contributed by atoms with E-state index >= 15 is 0 Å². The predicted octanol–water partition coefficient (Wildman–Crippen LogP) is 2.47. The first-order valence-corrected chi connectivity index (χ1v) is 6.46. The van der Waals surface area contributed by atoms with Gasteiger partial charge in [0.05, 0.1) is 11.8 Å². The number of carboxylic acid groups (broad SMARTS) is 1. The van der Waals surface area contributed by atoms with Gasteiger partial charge in [-0.25, -0.2) is 4.39 Å². The number of rotatable bonds is 2. The maximum absolute atomic E-state index is 13.0. The molecular formula is C14H13F4NO3. The molecule has 1 aromatic rings. The van der Waals surface area contributed by atoms with E-state index in [9.17, 15) is 27.2 Å². The molecule has 0 spiro atoms. The topological polar surface area (TPSA) is 57.6 Å². The van der Waals surface area contributed by atoms with Gasteiger partial charge in [-0.3, -0.25) is 9.59 Å². The molecule has 0 saturated carbocycles. The lowest BCUT2D eigenvalue weighted by molar-refractivity contribution is -0.187. The van der Waals surface area contributed by atoms with Crippen molar-refractivity contribution in [2.75, 3.05) is 13.1 Å². The van der Waals surface area contributed by atoms with Gasteiger partial charge in [0.15, 0.2) is 0 Å². The van der Waals surface area contributed by atoms with Crippen molar-refractivity contribution in [3.05, 3.63) is 35.1 Å². The van der Waals surface area contributed by atoms with Gasteiger partial charge in [-0.15, -0.1) is 0 Å². The van der Waals surface area contributed by atoms with Crippen molar-refractivity contribution in [3.63, 3.8) is 0 Å². The van der Waals surface area contributed by atoms with E-state index in [1.165, 1.54) is 13.0 Å². The zero-order valence-corrected chi connectivity index (χ0v) is 11.5. The van der Waals surface area contributed by atoms with Gasteiger partial charge >= 0.3 is 12.1 Å². The van der Waals surface area contributed by atoms with E-state index in [-0.39, 0.29) is 11.1 Å². The van der Waals surface area contributed by atoms with Crippen LogP contribution in [0.3, 0.4) is 0 Å². The standard InChI is InChI=1S/C14H13F4NO3/c1-7-4-8(15)2-3-9(7)12(20)19-5-10(13(21)22)11(6-19)14(16,17)18/h2-4,10-11H,5-6H2,1H3,(H,21,22)/t10-,11-/m1/s1. The molecular weight excluding hydrogens is 306 g/mol. The Morgan fingerprint density at radius 1 is 1.27 bits per heavy atom. The van der Waals surface area contributed by atoms with Crippen molar-refractivity contribution in [2.24, 2.45) is 11.8 Å². The fourth-order valence-corrected chi connectivity index (χ4v) is 2.59. The summed E-state index contributed by atoms with van der Waals surface area (Å²) in [6.07, 6.45) is -4.70. The quantitative estimate of drug-likeness (QED) is 0.852. The van der Waals surface area contributed by atoms with E-state index in [0.29, 0.717) is 0 Å². The van der Waals surface area contributed by atoms with Crippen LogP contribution in [0.15, 0.2) is 18.2 Å². The summed E-state index contributed by atoms with van der Waals surface area (Å²) < 4.78 is 51.7. The summed E-state index contributed by atoms with van der Waals surface area (Å²) in [6.45, 7) is 0.230. The van der Waals surface area contributed by atoms with Crippen LogP contribution in [0.25, 0.3) is 0 Å². The Morgan fingerprint density at radius 2 is 1.91 bits per heavy atom. The van der Waals surface area contributed by atoms with Crippen LogP contribution in [0.5, 0.6) is 0 Å². The number of aryl methyl sites for hydroxylation is 1. The summed E-state index contributed by atoms with van der Waals surface area (Å²) in [5.74, 6) is -6.67. The van der Waals surface area contributed by atoms with Gasteiger partial charge in [0, 0.05) is 18.7 Å². The van der Waals surface area contributed by atoms with Crippen molar-refractivity contribution in [1.82, 2.24) is 4.90 Å². The van der Waals surface area contributed by atoms with Gasteiger partial charge in [-0.1, -0.05) is 0 Å². The van der Waals surface area contributed by atoms with Gasteiger partial charge in [0.1, 0.15) is 5.82 Å². The number of likely N-dealkylation sites (tertiary alicyclic amines) is 1. The van der Waals surface area contributed by atoms with Crippen LogP contribution in [-0.4, -0.2) is 41.1 Å². The number of halogens is 4. The largest absolute Gasteiger partial charge is 0.481 e. The van der Waals surface area contributed by atoms with E-state index in [0.717, 1.165) is 17.0 Å². The second kappa shape index (κ2) is 5.58. The molecule has 1 aliphatic heterocycles. The molecule has 1 N–H and O–H groups in total. The molecule has 1 aromatic carbocycles. The summed E-state index contributed by atoms with van der Waals surface area (Å²) in [4.78, 5) is 24.1. The number of carbonyl (C=O) groups is 2. The third-order valence-electron chi connectivity index (χ3n) is 3.76. The van der Waals surface area contributed by atoms with Crippen LogP contribution in [0.2, 0.25) is 0 Å². The van der Waals surface area contributed by atoms with Gasteiger partial charge in [0.2, 0.25) is 0 Å². The Balaban J connectivity index is 2.27. The number of hydrogen-bond donors (Lipinski definition) is 1. The molecule has 4 nitrogen and oxygen atoms in total. The maximum atomic E-state index is 13.0. The number of carbonyl (C=O) groups excluding carboxylic acids is 1. The molecule has 0 bridgehead atoms. The molecule has 1 fully saturated rings. The summed E-state index contributed by atoms with van der Waals surface area (Å²) in [5, 5.41) is 8.92. The molecule has 1 aliphatic rings. The van der Waals surface area contributed by atoms with Gasteiger partial charge < -0.3 is 10.0 Å². The lowest BCUT2D eigenvalue weighted by atomic mass is 9.96. The number of alkyl halides is 3. The Morgan fingerprint density at radius 3 is 2.36 bits per heavy atom. The first kappa shape index (κ1) is 16.3. The minimum absolute atomic E-state index is 0.0633. The van der Waals surface area contributed by atoms with Crippen molar-refractivity contribution in [2.45, 2.75) is 13.1 Å². The highest BCUT2D eigenvalue weighted by Gasteiger charge is 2.53. The van der Waals surface area contributed by atoms with Crippen molar-refractivity contribution in [3.8, 4) is 0 Å². The zero-order valence-electron chi connectivity index (χ0n) is 11.5. The molecule has 0 radical (unpaired) electrons. The smallest absolute Gasteiger partial charge is 0.394 e. The molecule has 8 heteroatoms. The summed E-state index contributed by atoms with van der Waals surface area (Å²) >= 11 is 0. The summed E-state index contributed by atoms with van der Waals surface area (Å²) in [5.41, 5.74) is 0.348. The molecule has 22 heavy (non-hydrogen) atoms. The zero-order chi connectivity index (χ0) is 16.7. The highest BCUT2D eigenvalue weighted by Crippen LogP contribution is 2.38. The van der Waals surface area contributed by atoms with E-state index in [4.69, 9.17) is 5.11 Å². The first-order valence-electron chi connectivity index (χ1n) is 6.46. The number of nitrogens with zero attached hydrogens (tertiary/aromatic N) is 1. The number of benzene rings is 1. The fraction of sp³-hybridized carbons (Fsp3) is 0.429. The Bertz CT molecular complexity index is 615. The Labute approximate surface area is 123 Å². The number of aliphatic carboxylic acids is 1. The number of carboxylic acids is 1. The highest BCUT2D eigenvalue weighted by atomic mass is 19.4. The molecule has 0 aromatic heterocycles. The average molecular weight is 319 g/mol. The van der Waals surface area contributed by atoms with Gasteiger partial charge in [-0.2, -0.15) is 13.2 Å². The molecule has 120 valence electrons. The van der Waals surface area contributed by atoms with Gasteiger partial charge in [-0.05, 0) is 30.7 Å². The maximum Gasteiger partial charge on any atom is 0.394 e. The third-order valence-corrected chi connectivity index (χ3v) is 3.76. The lowest BCUT2D eigenvalue weighted by Crippen LogP contribution is -2.34. The molecule has 1 saturated heterocycles. The van der Waals surface area contributed by atoms with E-state index < -0.39 is 48.8 Å². The van der Waals surface area contributed by atoms with Crippen molar-refractivity contribution in [1.29, 1.82) is 0 Å². The molecule has 1 amide bonds. The van der Waals surface area contributed by atoms with Crippen LogP contribution >= 0.6 is 0 Å². The predicted molar refractivity (Wildman–Crippen MR) is 67.7 cm³/mol. The minimum Gasteiger partial charge on any atom is -0.481 e. The van der Waals surface area contributed by atoms with Crippen LogP contribution in [0.4, 0.5) is 17.6 Å². The van der Waals surface area contributed by atoms with Crippen molar-refractivity contribution >= 4 is 11.9 Å². The second-order valence-corrected chi connectivity index (χ2v) is 5.26. The summed E-state index contributed by atoms with van der Waals surface area (Å²) in [7, 11) is 0. The second-order valence-electron chi connectivity index (χ2n) is 5.26. The molecule has 2 atom stereocenters. The van der Waals surface area contributed by atoms with Crippen LogP contribution in [-0.2, 0) is 4.79 Å². The normalized spacial score (nSPS) is 22.0. The van der Waals surface area contributed by atoms with E-state index in [1.54, 1.807) is 0 Å². The van der Waals surface area contributed by atoms with E-state index in [2.05, 4.69) is 0 Å². The molecule has 0 unspecified atom stereocenters. The van der Waals surface area contributed by atoms with E-state index in [1.807, 2.05) is 0 Å². The number of hydrogen-bond acceptors (Lipinski definition) is 2. The number of amides is 1. The average Bonchev–Trinajstić information content (AvgIpc) is 2.83. The fourth-order valence-electron chi connectivity index (χ4n) is 2.59. The van der Waals surface area contributed by atoms with Crippen molar-refractivity contribution < 1.29 is 32.3 Å². The third kappa shape index (κ3) is 3.05. The monoisotopic (exact) mass is 319 g/mol.